The second-order valence-corrected chi connectivity index (χ2v) is 10.9. The van der Waals surface area contributed by atoms with Crippen LogP contribution in [0.4, 0.5) is 17.1 Å². The summed E-state index contributed by atoms with van der Waals surface area (Å²) in [5, 5.41) is 15.3. The lowest BCUT2D eigenvalue weighted by Gasteiger charge is -2.29. The van der Waals surface area contributed by atoms with E-state index < -0.39 is 20.9 Å². The summed E-state index contributed by atoms with van der Waals surface area (Å²) in [5.41, 5.74) is 6.13. The van der Waals surface area contributed by atoms with Crippen molar-refractivity contribution >= 4 is 39.2 Å². The molecule has 3 aromatic rings. The Morgan fingerprint density at radius 2 is 1.82 bits per heavy atom. The number of carbonyl (C=O) groups is 1. The molecule has 0 atom stereocenters. The third-order valence-electron chi connectivity index (χ3n) is 6.34. The van der Waals surface area contributed by atoms with Crippen molar-refractivity contribution in [1.29, 1.82) is 0 Å². The number of aryl methyl sites for hydroxylation is 1. The summed E-state index contributed by atoms with van der Waals surface area (Å²) in [4.78, 5) is 25.6. The van der Waals surface area contributed by atoms with Gasteiger partial charge in [0, 0.05) is 42.0 Å². The average Bonchev–Trinajstić information content (AvgIpc) is 2.92. The fraction of sp³-hybridized carbons (Fsp3) is 0.259. The number of morpholine rings is 1. The molecule has 4 rings (SSSR count). The first-order chi connectivity index (χ1) is 18.6. The van der Waals surface area contributed by atoms with Crippen LogP contribution in [0.25, 0.3) is 0 Å². The molecule has 11 nitrogen and oxygen atoms in total. The maximum absolute atomic E-state index is 12.7. The van der Waals surface area contributed by atoms with Crippen molar-refractivity contribution in [2.24, 2.45) is 5.10 Å². The average molecular weight is 552 g/mol. The molecule has 1 heterocycles. The Kier molecular flexibility index (Phi) is 8.57. The van der Waals surface area contributed by atoms with Crippen molar-refractivity contribution in [3.05, 3.63) is 99.1 Å². The molecule has 12 heteroatoms. The van der Waals surface area contributed by atoms with Gasteiger partial charge in [-0.1, -0.05) is 24.3 Å². The molecule has 1 aliphatic rings. The van der Waals surface area contributed by atoms with E-state index in [0.29, 0.717) is 37.6 Å². The van der Waals surface area contributed by atoms with Gasteiger partial charge in [-0.3, -0.25) is 19.2 Å². The number of hydrazone groups is 1. The number of non-ortho nitro benzene ring substituents is 1. The smallest absolute Gasteiger partial charge is 0.271 e. The summed E-state index contributed by atoms with van der Waals surface area (Å²) in [6, 6.07) is 18.2. The van der Waals surface area contributed by atoms with Gasteiger partial charge >= 0.3 is 0 Å². The summed E-state index contributed by atoms with van der Waals surface area (Å²) >= 11 is 0. The molecule has 0 spiro atoms. The molecular formula is C27H29N5O6S. The van der Waals surface area contributed by atoms with Crippen LogP contribution in [0.2, 0.25) is 0 Å². The van der Waals surface area contributed by atoms with Crippen LogP contribution in [0.3, 0.4) is 0 Å². The number of carbonyl (C=O) groups excluding carboxylic acids is 1. The highest BCUT2D eigenvalue weighted by Crippen LogP contribution is 2.25. The van der Waals surface area contributed by atoms with Gasteiger partial charge in [-0.05, 0) is 48.4 Å². The molecule has 1 aliphatic heterocycles. The molecule has 39 heavy (non-hydrogen) atoms. The van der Waals surface area contributed by atoms with Gasteiger partial charge in [0.2, 0.25) is 10.0 Å². The van der Waals surface area contributed by atoms with Gasteiger partial charge in [0.1, 0.15) is 0 Å². The van der Waals surface area contributed by atoms with Crippen LogP contribution in [0.15, 0.2) is 71.8 Å². The van der Waals surface area contributed by atoms with E-state index in [9.17, 15) is 23.3 Å². The number of nitrogens with zero attached hydrogens (tertiary/aromatic N) is 4. The lowest BCUT2D eigenvalue weighted by molar-refractivity contribution is -0.384. The molecule has 0 unspecified atom stereocenters. The van der Waals surface area contributed by atoms with Crippen LogP contribution in [-0.4, -0.2) is 58.0 Å². The molecule has 204 valence electrons. The van der Waals surface area contributed by atoms with E-state index in [1.165, 1.54) is 34.8 Å². The normalized spacial score (nSPS) is 13.8. The topological polar surface area (TPSA) is 134 Å². The zero-order chi connectivity index (χ0) is 28.0. The van der Waals surface area contributed by atoms with Crippen LogP contribution in [0.5, 0.6) is 0 Å². The molecule has 0 aliphatic carbocycles. The number of rotatable bonds is 9. The second kappa shape index (κ2) is 12.0. The van der Waals surface area contributed by atoms with Crippen molar-refractivity contribution < 1.29 is 22.9 Å². The van der Waals surface area contributed by atoms with Crippen LogP contribution < -0.4 is 14.6 Å². The number of anilines is 2. The highest BCUT2D eigenvalue weighted by molar-refractivity contribution is 7.92. The van der Waals surface area contributed by atoms with E-state index >= 15 is 0 Å². The van der Waals surface area contributed by atoms with Gasteiger partial charge in [0.15, 0.2) is 0 Å². The van der Waals surface area contributed by atoms with Gasteiger partial charge in [0.05, 0.1) is 42.8 Å². The Morgan fingerprint density at radius 3 is 2.46 bits per heavy atom. The van der Waals surface area contributed by atoms with E-state index in [0.717, 1.165) is 23.1 Å². The zero-order valence-electron chi connectivity index (χ0n) is 21.6. The minimum absolute atomic E-state index is 0.0866. The third-order valence-corrected chi connectivity index (χ3v) is 7.48. The summed E-state index contributed by atoms with van der Waals surface area (Å²) in [6.45, 7) is 4.43. The van der Waals surface area contributed by atoms with Crippen LogP contribution in [-0.2, 0) is 21.3 Å². The highest BCUT2D eigenvalue weighted by atomic mass is 32.2. The first-order valence-electron chi connectivity index (χ1n) is 12.2. The maximum atomic E-state index is 12.7. The molecule has 0 aromatic heterocycles. The first-order valence-corrected chi connectivity index (χ1v) is 14.0. The highest BCUT2D eigenvalue weighted by Gasteiger charge is 2.20. The molecule has 0 bridgehead atoms. The van der Waals surface area contributed by atoms with Crippen molar-refractivity contribution in [3.63, 3.8) is 0 Å². The number of hydrogen-bond donors (Lipinski definition) is 1. The van der Waals surface area contributed by atoms with E-state index in [-0.39, 0.29) is 17.8 Å². The van der Waals surface area contributed by atoms with Crippen LogP contribution in [0, 0.1) is 17.0 Å². The molecule has 1 N–H and O–H groups in total. The predicted molar refractivity (Wildman–Crippen MR) is 150 cm³/mol. The van der Waals surface area contributed by atoms with Crippen LogP contribution in [0.1, 0.15) is 27.0 Å². The van der Waals surface area contributed by atoms with Crippen molar-refractivity contribution in [2.45, 2.75) is 13.5 Å². The lowest BCUT2D eigenvalue weighted by Crippen LogP contribution is -2.36. The molecule has 1 fully saturated rings. The fourth-order valence-electron chi connectivity index (χ4n) is 4.20. The lowest BCUT2D eigenvalue weighted by atomic mass is 10.1. The number of nitrogens with one attached hydrogen (secondary N) is 1. The predicted octanol–water partition coefficient (Wildman–Crippen LogP) is 3.47. The number of ether oxygens (including phenoxy) is 1. The molecule has 3 aromatic carbocycles. The summed E-state index contributed by atoms with van der Waals surface area (Å²) in [6.07, 6.45) is 2.51. The van der Waals surface area contributed by atoms with Crippen molar-refractivity contribution in [2.75, 3.05) is 41.8 Å². The van der Waals surface area contributed by atoms with Gasteiger partial charge in [-0.25, -0.2) is 13.8 Å². The van der Waals surface area contributed by atoms with E-state index in [2.05, 4.69) is 10.5 Å². The van der Waals surface area contributed by atoms with Gasteiger partial charge < -0.3 is 9.64 Å². The number of nitro groups is 1. The van der Waals surface area contributed by atoms with Gasteiger partial charge in [-0.15, -0.1) is 0 Å². The monoisotopic (exact) mass is 551 g/mol. The Hall–Kier alpha value is -4.29. The minimum atomic E-state index is -3.58. The van der Waals surface area contributed by atoms with Crippen molar-refractivity contribution in [3.8, 4) is 0 Å². The largest absolute Gasteiger partial charge is 0.378 e. The van der Waals surface area contributed by atoms with Crippen LogP contribution >= 0.6 is 0 Å². The summed E-state index contributed by atoms with van der Waals surface area (Å²) in [7, 11) is -3.58. The number of nitro benzene ring substituents is 1. The Morgan fingerprint density at radius 1 is 1.13 bits per heavy atom. The summed E-state index contributed by atoms with van der Waals surface area (Å²) < 4.78 is 31.7. The Bertz CT molecular complexity index is 1480. The number of sulfonamides is 1. The molecule has 0 saturated carbocycles. The third kappa shape index (κ3) is 6.98. The first kappa shape index (κ1) is 27.7. The van der Waals surface area contributed by atoms with E-state index in [1.807, 2.05) is 36.1 Å². The van der Waals surface area contributed by atoms with E-state index in [1.54, 1.807) is 18.2 Å². The molecule has 1 amide bonds. The minimum Gasteiger partial charge on any atom is -0.378 e. The molecule has 0 radical (unpaired) electrons. The fourth-order valence-corrected chi connectivity index (χ4v) is 5.08. The van der Waals surface area contributed by atoms with Gasteiger partial charge in [0.25, 0.3) is 11.6 Å². The zero-order valence-corrected chi connectivity index (χ0v) is 22.4. The second-order valence-electron chi connectivity index (χ2n) is 9.04. The standard InChI is InChI=1S/C27H29N5O6S/c1-20-5-3-4-6-22(20)19-31(39(2,36)37)24-9-7-21(8-10-24)27(33)29-28-18-23-17-25(32(34)35)11-12-26(23)30-13-15-38-16-14-30/h3-12,17-18H,13-16,19H2,1-2H3,(H,29,33)/b28-18-. The maximum Gasteiger partial charge on any atom is 0.271 e. The SMILES string of the molecule is Cc1ccccc1CN(c1ccc(C(=O)N/N=C\c2cc([N+](=O)[O-])ccc2N2CCOCC2)cc1)S(C)(=O)=O. The quantitative estimate of drug-likeness (QED) is 0.244. The number of benzene rings is 3. The van der Waals surface area contributed by atoms with Crippen molar-refractivity contribution in [1.82, 2.24) is 5.43 Å². The molecule has 1 saturated heterocycles. The van der Waals surface area contributed by atoms with Gasteiger partial charge in [-0.2, -0.15) is 5.10 Å². The Labute approximate surface area is 226 Å². The number of amides is 1. The Balaban J connectivity index is 1.49. The molecular weight excluding hydrogens is 522 g/mol. The number of hydrogen-bond acceptors (Lipinski definition) is 8. The van der Waals surface area contributed by atoms with E-state index in [4.69, 9.17) is 4.74 Å². The summed E-state index contributed by atoms with van der Waals surface area (Å²) in [5.74, 6) is -0.513.